The van der Waals surface area contributed by atoms with Crippen LogP contribution < -0.4 is 0 Å². The summed E-state index contributed by atoms with van der Waals surface area (Å²) in [5.74, 6) is 2.71. The van der Waals surface area contributed by atoms with Crippen molar-refractivity contribution in [1.82, 2.24) is 24.6 Å². The van der Waals surface area contributed by atoms with Crippen LogP contribution in [0.25, 0.3) is 0 Å². The first-order valence-electron chi connectivity index (χ1n) is 10.9. The molecule has 1 aromatic carbocycles. The molecule has 0 radical (unpaired) electrons. The van der Waals surface area contributed by atoms with Gasteiger partial charge in [0.1, 0.15) is 0 Å². The lowest BCUT2D eigenvalue weighted by Gasteiger charge is -2.35. The summed E-state index contributed by atoms with van der Waals surface area (Å²) in [6.07, 6.45) is 2.15. The maximum atomic E-state index is 12.9. The third-order valence-corrected chi connectivity index (χ3v) is 6.73. The number of piperidine rings is 1. The van der Waals surface area contributed by atoms with Gasteiger partial charge in [0, 0.05) is 13.1 Å². The smallest absolute Gasteiger partial charge is 0.233 e. The summed E-state index contributed by atoms with van der Waals surface area (Å²) in [6.45, 7) is 9.08. The van der Waals surface area contributed by atoms with Gasteiger partial charge in [-0.3, -0.25) is 9.69 Å². The van der Waals surface area contributed by atoms with Gasteiger partial charge in [0.2, 0.25) is 5.91 Å². The second kappa shape index (κ2) is 10.4. The minimum atomic E-state index is 0.190. The number of benzene rings is 1. The Bertz CT molecular complexity index is 812. The first-order chi connectivity index (χ1) is 14.4. The maximum absolute atomic E-state index is 12.9. The van der Waals surface area contributed by atoms with E-state index < -0.39 is 0 Å². The van der Waals surface area contributed by atoms with Crippen molar-refractivity contribution >= 4 is 17.7 Å². The molecule has 1 fully saturated rings. The number of hydrogen-bond acceptors (Lipinski definition) is 5. The summed E-state index contributed by atoms with van der Waals surface area (Å²) in [5, 5.41) is 9.85. The first kappa shape index (κ1) is 22.8. The molecular weight excluding hydrogens is 394 g/mol. The molecule has 0 saturated carbocycles. The second-order valence-corrected chi connectivity index (χ2v) is 9.78. The number of amides is 1. The third-order valence-electron chi connectivity index (χ3n) is 5.78. The molecule has 1 saturated heterocycles. The Balaban J connectivity index is 1.78. The molecule has 0 spiro atoms. The van der Waals surface area contributed by atoms with Crippen molar-refractivity contribution in [2.24, 2.45) is 11.8 Å². The second-order valence-electron chi connectivity index (χ2n) is 8.83. The van der Waals surface area contributed by atoms with E-state index >= 15 is 0 Å². The molecule has 1 aliphatic heterocycles. The molecule has 1 aliphatic rings. The molecule has 164 valence electrons. The molecule has 0 aliphatic carbocycles. The quantitative estimate of drug-likeness (QED) is 0.595. The predicted octanol–water partition coefficient (Wildman–Crippen LogP) is 3.94. The Morgan fingerprint density at radius 1 is 1.17 bits per heavy atom. The van der Waals surface area contributed by atoms with Crippen molar-refractivity contribution in [3.63, 3.8) is 0 Å². The van der Waals surface area contributed by atoms with Crippen molar-refractivity contribution in [3.05, 3.63) is 41.7 Å². The number of nitrogens with zero attached hydrogens (tertiary/aromatic N) is 5. The Morgan fingerprint density at radius 3 is 2.43 bits per heavy atom. The van der Waals surface area contributed by atoms with E-state index in [0.717, 1.165) is 30.5 Å². The highest BCUT2D eigenvalue weighted by Crippen LogP contribution is 2.27. The molecule has 1 amide bonds. The van der Waals surface area contributed by atoms with Crippen LogP contribution in [0.15, 0.2) is 35.5 Å². The average molecular weight is 430 g/mol. The Morgan fingerprint density at radius 2 is 1.83 bits per heavy atom. The lowest BCUT2D eigenvalue weighted by atomic mass is 9.92. The van der Waals surface area contributed by atoms with Gasteiger partial charge >= 0.3 is 0 Å². The summed E-state index contributed by atoms with van der Waals surface area (Å²) in [5.41, 5.74) is 1.21. The third kappa shape index (κ3) is 5.64. The van der Waals surface area contributed by atoms with E-state index in [2.05, 4.69) is 78.8 Å². The van der Waals surface area contributed by atoms with E-state index in [1.54, 1.807) is 0 Å². The molecule has 0 bridgehead atoms. The molecule has 7 heteroatoms. The molecule has 0 unspecified atom stereocenters. The molecule has 2 heterocycles. The molecule has 3 rings (SSSR count). The Labute approximate surface area is 185 Å². The van der Waals surface area contributed by atoms with Crippen LogP contribution in [-0.4, -0.2) is 63.4 Å². The van der Waals surface area contributed by atoms with E-state index in [1.807, 2.05) is 11.0 Å². The number of hydrogen-bond donors (Lipinski definition) is 0. The first-order valence-corrected chi connectivity index (χ1v) is 11.9. The van der Waals surface area contributed by atoms with Gasteiger partial charge < -0.3 is 9.47 Å². The Kier molecular flexibility index (Phi) is 7.94. The van der Waals surface area contributed by atoms with Gasteiger partial charge in [-0.1, -0.05) is 62.9 Å². The van der Waals surface area contributed by atoms with Crippen molar-refractivity contribution in [2.75, 3.05) is 32.9 Å². The number of carbonyl (C=O) groups excluding carboxylic acids is 1. The van der Waals surface area contributed by atoms with E-state index in [1.165, 1.54) is 23.7 Å². The Hall–Kier alpha value is -1.86. The zero-order valence-electron chi connectivity index (χ0n) is 18.9. The summed E-state index contributed by atoms with van der Waals surface area (Å²) in [6, 6.07) is 10.6. The molecular formula is C23H35N5OS. The standard InChI is InChI=1S/C23H35N5OS/c1-6-20(26(4)5)22-24-25-23(28(22)15-19-10-8-7-9-11-19)30-16-21(29)27-13-17(2)12-18(3)14-27/h7-11,17-18,20H,6,12-16H2,1-5H3/t17-,18+,20-/m0/s1. The van der Waals surface area contributed by atoms with E-state index in [9.17, 15) is 4.79 Å². The molecule has 3 atom stereocenters. The van der Waals surface area contributed by atoms with Crippen molar-refractivity contribution in [3.8, 4) is 0 Å². The summed E-state index contributed by atoms with van der Waals surface area (Å²) < 4.78 is 2.18. The molecule has 0 N–H and O–H groups in total. The van der Waals surface area contributed by atoms with Crippen LogP contribution in [0.3, 0.4) is 0 Å². The summed E-state index contributed by atoms with van der Waals surface area (Å²) in [7, 11) is 4.15. The largest absolute Gasteiger partial charge is 0.341 e. The highest BCUT2D eigenvalue weighted by molar-refractivity contribution is 7.99. The van der Waals surface area contributed by atoms with Gasteiger partial charge in [0.15, 0.2) is 11.0 Å². The van der Waals surface area contributed by atoms with Gasteiger partial charge in [-0.2, -0.15) is 0 Å². The van der Waals surface area contributed by atoms with Crippen LogP contribution in [0, 0.1) is 11.8 Å². The fourth-order valence-corrected chi connectivity index (χ4v) is 5.28. The fourth-order valence-electron chi connectivity index (χ4n) is 4.43. The summed E-state index contributed by atoms with van der Waals surface area (Å²) >= 11 is 1.51. The number of thioether (sulfide) groups is 1. The van der Waals surface area contributed by atoms with E-state index in [-0.39, 0.29) is 11.9 Å². The SMILES string of the molecule is CC[C@@H](c1nnc(SCC(=O)N2C[C@H](C)C[C@H](C)C2)n1Cc1ccccc1)N(C)C. The topological polar surface area (TPSA) is 54.3 Å². The molecule has 1 aromatic heterocycles. The van der Waals surface area contributed by atoms with Crippen LogP contribution in [0.5, 0.6) is 0 Å². The minimum absolute atomic E-state index is 0.190. The minimum Gasteiger partial charge on any atom is -0.341 e. The fraction of sp³-hybridized carbons (Fsp3) is 0.609. The van der Waals surface area contributed by atoms with Gasteiger partial charge in [0.05, 0.1) is 18.3 Å². The van der Waals surface area contributed by atoms with Crippen LogP contribution >= 0.6 is 11.8 Å². The molecule has 2 aromatic rings. The van der Waals surface area contributed by atoms with Crippen LogP contribution in [-0.2, 0) is 11.3 Å². The molecule has 30 heavy (non-hydrogen) atoms. The molecule has 6 nitrogen and oxygen atoms in total. The number of carbonyl (C=O) groups is 1. The predicted molar refractivity (Wildman–Crippen MR) is 123 cm³/mol. The normalized spacial score (nSPS) is 20.5. The van der Waals surface area contributed by atoms with Crippen LogP contribution in [0.1, 0.15) is 51.0 Å². The summed E-state index contributed by atoms with van der Waals surface area (Å²) in [4.78, 5) is 17.1. The van der Waals surface area contributed by atoms with Crippen molar-refractivity contribution < 1.29 is 4.79 Å². The van der Waals surface area contributed by atoms with Crippen molar-refractivity contribution in [1.29, 1.82) is 0 Å². The van der Waals surface area contributed by atoms with E-state index in [0.29, 0.717) is 24.1 Å². The van der Waals surface area contributed by atoms with Gasteiger partial charge in [0.25, 0.3) is 0 Å². The van der Waals surface area contributed by atoms with Crippen LogP contribution in [0.4, 0.5) is 0 Å². The highest BCUT2D eigenvalue weighted by Gasteiger charge is 2.27. The maximum Gasteiger partial charge on any atom is 0.233 e. The lowest BCUT2D eigenvalue weighted by Crippen LogP contribution is -2.43. The van der Waals surface area contributed by atoms with Gasteiger partial charge in [-0.05, 0) is 44.3 Å². The number of likely N-dealkylation sites (tertiary alicyclic amines) is 1. The number of aromatic nitrogens is 3. The van der Waals surface area contributed by atoms with Gasteiger partial charge in [-0.25, -0.2) is 0 Å². The highest BCUT2D eigenvalue weighted by atomic mass is 32.2. The number of rotatable bonds is 8. The zero-order chi connectivity index (χ0) is 21.7. The zero-order valence-corrected chi connectivity index (χ0v) is 19.7. The monoisotopic (exact) mass is 429 g/mol. The van der Waals surface area contributed by atoms with Gasteiger partial charge in [-0.15, -0.1) is 10.2 Å². The van der Waals surface area contributed by atoms with Crippen molar-refractivity contribution in [2.45, 2.75) is 51.4 Å². The lowest BCUT2D eigenvalue weighted by molar-refractivity contribution is -0.130. The average Bonchev–Trinajstić information content (AvgIpc) is 3.08. The van der Waals surface area contributed by atoms with Crippen LogP contribution in [0.2, 0.25) is 0 Å². The van der Waals surface area contributed by atoms with E-state index in [4.69, 9.17) is 0 Å².